The molecule has 1 aliphatic carbocycles. The van der Waals surface area contributed by atoms with E-state index in [1.54, 1.807) is 0 Å². The summed E-state index contributed by atoms with van der Waals surface area (Å²) in [6.45, 7) is 4.47. The van der Waals surface area contributed by atoms with Crippen LogP contribution in [0.25, 0.3) is 0 Å². The standard InChI is InChI=1S/C15H28O/c1-13(2)9-8-12-15(16)14-10-6-4-3-5-7-11-14/h13-14H,3-12H2,1-2H3. The molecule has 1 saturated carbocycles. The summed E-state index contributed by atoms with van der Waals surface area (Å²) in [7, 11) is 0. The van der Waals surface area contributed by atoms with Crippen LogP contribution >= 0.6 is 0 Å². The Bertz CT molecular complexity index is 188. The van der Waals surface area contributed by atoms with E-state index < -0.39 is 0 Å². The third-order valence-electron chi connectivity index (χ3n) is 3.77. The molecule has 0 unspecified atom stereocenters. The van der Waals surface area contributed by atoms with Crippen molar-refractivity contribution in [2.45, 2.75) is 78.1 Å². The molecule has 94 valence electrons. The first kappa shape index (κ1) is 13.7. The summed E-state index contributed by atoms with van der Waals surface area (Å²) in [6, 6.07) is 0. The van der Waals surface area contributed by atoms with Gasteiger partial charge in [-0.2, -0.15) is 0 Å². The minimum absolute atomic E-state index is 0.410. The van der Waals surface area contributed by atoms with Crippen LogP contribution in [0.4, 0.5) is 0 Å². The summed E-state index contributed by atoms with van der Waals surface area (Å²) >= 11 is 0. The summed E-state index contributed by atoms with van der Waals surface area (Å²) in [5.74, 6) is 1.71. The summed E-state index contributed by atoms with van der Waals surface area (Å²) in [5.41, 5.74) is 0. The van der Waals surface area contributed by atoms with E-state index in [9.17, 15) is 4.79 Å². The Morgan fingerprint density at radius 3 is 2.19 bits per heavy atom. The highest BCUT2D eigenvalue weighted by Crippen LogP contribution is 2.24. The molecule has 0 saturated heterocycles. The van der Waals surface area contributed by atoms with Crippen LogP contribution in [0.2, 0.25) is 0 Å². The fourth-order valence-electron chi connectivity index (χ4n) is 2.67. The quantitative estimate of drug-likeness (QED) is 0.659. The summed E-state index contributed by atoms with van der Waals surface area (Å²) < 4.78 is 0. The van der Waals surface area contributed by atoms with Crippen molar-refractivity contribution in [2.24, 2.45) is 11.8 Å². The Balaban J connectivity index is 2.22. The van der Waals surface area contributed by atoms with Gasteiger partial charge in [0.05, 0.1) is 0 Å². The highest BCUT2D eigenvalue weighted by molar-refractivity contribution is 5.80. The van der Waals surface area contributed by atoms with Gasteiger partial charge in [-0.25, -0.2) is 0 Å². The van der Waals surface area contributed by atoms with E-state index in [2.05, 4.69) is 13.8 Å². The second-order valence-corrected chi connectivity index (χ2v) is 5.79. The average Bonchev–Trinajstić information content (AvgIpc) is 2.15. The Morgan fingerprint density at radius 1 is 1.06 bits per heavy atom. The predicted octanol–water partition coefficient (Wildman–Crippen LogP) is 4.74. The molecule has 0 aromatic rings. The van der Waals surface area contributed by atoms with E-state index >= 15 is 0 Å². The highest BCUT2D eigenvalue weighted by atomic mass is 16.1. The molecule has 0 aliphatic heterocycles. The van der Waals surface area contributed by atoms with Crippen LogP contribution in [0, 0.1) is 11.8 Å². The monoisotopic (exact) mass is 224 g/mol. The van der Waals surface area contributed by atoms with Gasteiger partial charge in [0.1, 0.15) is 5.78 Å². The van der Waals surface area contributed by atoms with Gasteiger partial charge < -0.3 is 0 Å². The van der Waals surface area contributed by atoms with E-state index in [0.717, 1.165) is 18.8 Å². The van der Waals surface area contributed by atoms with E-state index in [-0.39, 0.29) is 0 Å². The topological polar surface area (TPSA) is 17.1 Å². The Hall–Kier alpha value is -0.330. The Morgan fingerprint density at radius 2 is 1.62 bits per heavy atom. The largest absolute Gasteiger partial charge is 0.299 e. The van der Waals surface area contributed by atoms with E-state index in [1.165, 1.54) is 51.4 Å². The molecular formula is C15H28O. The molecular weight excluding hydrogens is 196 g/mol. The number of hydrogen-bond donors (Lipinski definition) is 0. The number of Topliss-reactive ketones (excluding diaryl/α,β-unsaturated/α-hetero) is 1. The molecule has 0 atom stereocenters. The van der Waals surface area contributed by atoms with Crippen molar-refractivity contribution in [3.8, 4) is 0 Å². The molecule has 0 N–H and O–H groups in total. The number of ketones is 1. The SMILES string of the molecule is CC(C)CCCC(=O)C1CCCCCCC1. The molecule has 1 nitrogen and oxygen atoms in total. The predicted molar refractivity (Wildman–Crippen MR) is 69.5 cm³/mol. The molecule has 0 aromatic heterocycles. The van der Waals surface area contributed by atoms with Crippen LogP contribution in [0.3, 0.4) is 0 Å². The maximum Gasteiger partial charge on any atom is 0.135 e. The molecule has 0 aromatic carbocycles. The lowest BCUT2D eigenvalue weighted by Crippen LogP contribution is -2.16. The number of carbonyl (C=O) groups excluding carboxylic acids is 1. The van der Waals surface area contributed by atoms with Gasteiger partial charge in [0, 0.05) is 12.3 Å². The lowest BCUT2D eigenvalue weighted by atomic mass is 9.86. The molecule has 0 heterocycles. The van der Waals surface area contributed by atoms with E-state index in [1.807, 2.05) is 0 Å². The first-order chi connectivity index (χ1) is 7.70. The summed E-state index contributed by atoms with van der Waals surface area (Å²) in [6.07, 6.45) is 12.1. The molecule has 0 spiro atoms. The maximum atomic E-state index is 12.0. The number of rotatable bonds is 5. The number of hydrogen-bond acceptors (Lipinski definition) is 1. The Kier molecular flexibility index (Phi) is 6.75. The van der Waals surface area contributed by atoms with Crippen LogP contribution in [0.5, 0.6) is 0 Å². The van der Waals surface area contributed by atoms with Crippen molar-refractivity contribution in [1.82, 2.24) is 0 Å². The fourth-order valence-corrected chi connectivity index (χ4v) is 2.67. The maximum absolute atomic E-state index is 12.0. The molecule has 0 bridgehead atoms. The minimum Gasteiger partial charge on any atom is -0.299 e. The normalized spacial score (nSPS) is 19.4. The van der Waals surface area contributed by atoms with Gasteiger partial charge in [0.25, 0.3) is 0 Å². The van der Waals surface area contributed by atoms with Gasteiger partial charge in [0.2, 0.25) is 0 Å². The van der Waals surface area contributed by atoms with Gasteiger partial charge in [-0.15, -0.1) is 0 Å². The number of carbonyl (C=O) groups is 1. The second kappa shape index (κ2) is 7.86. The lowest BCUT2D eigenvalue weighted by molar-refractivity contribution is -0.123. The third-order valence-corrected chi connectivity index (χ3v) is 3.77. The minimum atomic E-state index is 0.410. The first-order valence-corrected chi connectivity index (χ1v) is 7.23. The molecule has 1 heteroatoms. The van der Waals surface area contributed by atoms with Gasteiger partial charge in [-0.05, 0) is 25.2 Å². The molecule has 0 amide bonds. The van der Waals surface area contributed by atoms with Crippen molar-refractivity contribution in [3.63, 3.8) is 0 Å². The van der Waals surface area contributed by atoms with Gasteiger partial charge >= 0.3 is 0 Å². The van der Waals surface area contributed by atoms with Crippen LogP contribution in [0.1, 0.15) is 78.1 Å². The van der Waals surface area contributed by atoms with Crippen LogP contribution in [-0.4, -0.2) is 5.78 Å². The zero-order chi connectivity index (χ0) is 11.8. The van der Waals surface area contributed by atoms with Gasteiger partial charge in [-0.1, -0.05) is 52.4 Å². The van der Waals surface area contributed by atoms with Crippen LogP contribution < -0.4 is 0 Å². The van der Waals surface area contributed by atoms with Crippen molar-refractivity contribution in [2.75, 3.05) is 0 Å². The highest BCUT2D eigenvalue weighted by Gasteiger charge is 2.18. The van der Waals surface area contributed by atoms with Crippen molar-refractivity contribution < 1.29 is 4.79 Å². The van der Waals surface area contributed by atoms with Crippen molar-refractivity contribution in [3.05, 3.63) is 0 Å². The van der Waals surface area contributed by atoms with Crippen LogP contribution in [-0.2, 0) is 4.79 Å². The van der Waals surface area contributed by atoms with Gasteiger partial charge in [0.15, 0.2) is 0 Å². The Labute approximate surface area is 101 Å². The molecule has 1 rings (SSSR count). The van der Waals surface area contributed by atoms with Gasteiger partial charge in [-0.3, -0.25) is 4.79 Å². The zero-order valence-electron chi connectivity index (χ0n) is 11.1. The summed E-state index contributed by atoms with van der Waals surface area (Å²) in [5, 5.41) is 0. The summed E-state index contributed by atoms with van der Waals surface area (Å²) in [4.78, 5) is 12.0. The van der Waals surface area contributed by atoms with Crippen molar-refractivity contribution >= 4 is 5.78 Å². The zero-order valence-corrected chi connectivity index (χ0v) is 11.1. The van der Waals surface area contributed by atoms with Crippen LogP contribution in [0.15, 0.2) is 0 Å². The molecule has 0 radical (unpaired) electrons. The van der Waals surface area contributed by atoms with E-state index in [0.29, 0.717) is 11.7 Å². The third kappa shape index (κ3) is 5.67. The lowest BCUT2D eigenvalue weighted by Gasteiger charge is -2.18. The second-order valence-electron chi connectivity index (χ2n) is 5.79. The van der Waals surface area contributed by atoms with Crippen molar-refractivity contribution in [1.29, 1.82) is 0 Å². The average molecular weight is 224 g/mol. The first-order valence-electron chi connectivity index (χ1n) is 7.23. The molecule has 1 fully saturated rings. The molecule has 1 aliphatic rings. The molecule has 16 heavy (non-hydrogen) atoms. The fraction of sp³-hybridized carbons (Fsp3) is 0.933. The smallest absolute Gasteiger partial charge is 0.135 e. The van der Waals surface area contributed by atoms with E-state index in [4.69, 9.17) is 0 Å².